The molecule has 0 spiro atoms. The fraction of sp³-hybridized carbons (Fsp3) is 0.316. The van der Waals surface area contributed by atoms with Crippen LogP contribution in [-0.4, -0.2) is 12.0 Å². The van der Waals surface area contributed by atoms with E-state index in [1.807, 2.05) is 13.8 Å². The molecule has 0 aromatic heterocycles. The standard InChI is InChI=1S/C19H21F2NO2/c1-11(2)8-17(22)19(23)24-18-7-4-13(9-12(18)3)15-6-5-14(20)10-16(15)21/h4-7,9-11,17H,8,22H2,1-3H3. The highest BCUT2D eigenvalue weighted by Gasteiger charge is 2.18. The first-order chi connectivity index (χ1) is 11.3. The molecular weight excluding hydrogens is 312 g/mol. The lowest BCUT2D eigenvalue weighted by Gasteiger charge is -2.15. The molecule has 0 saturated carbocycles. The van der Waals surface area contributed by atoms with Crippen molar-refractivity contribution >= 4 is 5.97 Å². The van der Waals surface area contributed by atoms with Crippen molar-refractivity contribution in [3.8, 4) is 16.9 Å². The molecule has 5 heteroatoms. The average Bonchev–Trinajstić information content (AvgIpc) is 2.48. The van der Waals surface area contributed by atoms with Gasteiger partial charge >= 0.3 is 5.97 Å². The van der Waals surface area contributed by atoms with E-state index < -0.39 is 23.6 Å². The van der Waals surface area contributed by atoms with Crippen LogP contribution in [0.15, 0.2) is 36.4 Å². The second-order valence-corrected chi connectivity index (χ2v) is 6.26. The number of rotatable bonds is 5. The molecule has 0 aliphatic heterocycles. The van der Waals surface area contributed by atoms with Gasteiger partial charge in [-0.3, -0.25) is 0 Å². The summed E-state index contributed by atoms with van der Waals surface area (Å²) in [5, 5.41) is 0. The number of hydrogen-bond donors (Lipinski definition) is 1. The van der Waals surface area contributed by atoms with Crippen LogP contribution in [0.2, 0.25) is 0 Å². The molecular formula is C19H21F2NO2. The van der Waals surface area contributed by atoms with Gasteiger partial charge in [-0.25, -0.2) is 13.6 Å². The summed E-state index contributed by atoms with van der Waals surface area (Å²) < 4.78 is 32.2. The van der Waals surface area contributed by atoms with Crippen molar-refractivity contribution in [2.24, 2.45) is 11.7 Å². The average molecular weight is 333 g/mol. The summed E-state index contributed by atoms with van der Waals surface area (Å²) >= 11 is 0. The Morgan fingerprint density at radius 2 is 1.88 bits per heavy atom. The number of nitrogens with two attached hydrogens (primary N) is 1. The van der Waals surface area contributed by atoms with Crippen LogP contribution in [0.1, 0.15) is 25.8 Å². The molecule has 0 radical (unpaired) electrons. The van der Waals surface area contributed by atoms with E-state index in [-0.39, 0.29) is 11.5 Å². The molecule has 128 valence electrons. The molecule has 0 bridgehead atoms. The third kappa shape index (κ3) is 4.38. The zero-order chi connectivity index (χ0) is 17.9. The number of benzene rings is 2. The van der Waals surface area contributed by atoms with Crippen molar-refractivity contribution < 1.29 is 18.3 Å². The Kier molecular flexibility index (Phi) is 5.67. The zero-order valence-electron chi connectivity index (χ0n) is 14.0. The van der Waals surface area contributed by atoms with Gasteiger partial charge in [0.05, 0.1) is 0 Å². The van der Waals surface area contributed by atoms with E-state index in [1.165, 1.54) is 12.1 Å². The van der Waals surface area contributed by atoms with Crippen LogP contribution in [0.3, 0.4) is 0 Å². The maximum atomic E-state index is 13.9. The molecule has 2 aromatic rings. The Morgan fingerprint density at radius 1 is 1.17 bits per heavy atom. The summed E-state index contributed by atoms with van der Waals surface area (Å²) in [6.45, 7) is 5.70. The van der Waals surface area contributed by atoms with E-state index in [0.717, 1.165) is 6.07 Å². The fourth-order valence-corrected chi connectivity index (χ4v) is 2.44. The normalized spacial score (nSPS) is 12.3. The minimum absolute atomic E-state index is 0.286. The molecule has 0 aliphatic carbocycles. The minimum Gasteiger partial charge on any atom is -0.425 e. The molecule has 0 amide bonds. The SMILES string of the molecule is Cc1cc(-c2ccc(F)cc2F)ccc1OC(=O)C(N)CC(C)C. The first-order valence-corrected chi connectivity index (χ1v) is 7.81. The van der Waals surface area contributed by atoms with Gasteiger partial charge in [-0.1, -0.05) is 19.9 Å². The van der Waals surface area contributed by atoms with E-state index in [9.17, 15) is 13.6 Å². The highest BCUT2D eigenvalue weighted by atomic mass is 19.1. The predicted octanol–water partition coefficient (Wildman–Crippen LogP) is 4.22. The minimum atomic E-state index is -0.682. The Labute approximate surface area is 140 Å². The van der Waals surface area contributed by atoms with Crippen molar-refractivity contribution in [3.63, 3.8) is 0 Å². The monoisotopic (exact) mass is 333 g/mol. The number of halogens is 2. The van der Waals surface area contributed by atoms with Gasteiger partial charge in [0.25, 0.3) is 0 Å². The van der Waals surface area contributed by atoms with Gasteiger partial charge in [0.15, 0.2) is 0 Å². The molecule has 2 rings (SSSR count). The van der Waals surface area contributed by atoms with Crippen LogP contribution < -0.4 is 10.5 Å². The molecule has 1 unspecified atom stereocenters. The van der Waals surface area contributed by atoms with Gasteiger partial charge < -0.3 is 10.5 Å². The van der Waals surface area contributed by atoms with Crippen molar-refractivity contribution in [1.82, 2.24) is 0 Å². The second-order valence-electron chi connectivity index (χ2n) is 6.26. The van der Waals surface area contributed by atoms with Crippen molar-refractivity contribution in [2.75, 3.05) is 0 Å². The van der Waals surface area contributed by atoms with E-state index in [1.54, 1.807) is 25.1 Å². The molecule has 3 nitrogen and oxygen atoms in total. The molecule has 0 fully saturated rings. The summed E-state index contributed by atoms with van der Waals surface area (Å²) in [4.78, 5) is 12.0. The Balaban J connectivity index is 2.19. The van der Waals surface area contributed by atoms with Crippen LogP contribution in [0, 0.1) is 24.5 Å². The van der Waals surface area contributed by atoms with E-state index in [2.05, 4.69) is 0 Å². The second kappa shape index (κ2) is 7.53. The van der Waals surface area contributed by atoms with Crippen LogP contribution in [-0.2, 0) is 4.79 Å². The van der Waals surface area contributed by atoms with Gasteiger partial charge in [0, 0.05) is 11.6 Å². The maximum absolute atomic E-state index is 13.9. The molecule has 24 heavy (non-hydrogen) atoms. The summed E-state index contributed by atoms with van der Waals surface area (Å²) in [5.41, 5.74) is 7.35. The van der Waals surface area contributed by atoms with Gasteiger partial charge in [0.1, 0.15) is 23.4 Å². The Morgan fingerprint density at radius 3 is 2.46 bits per heavy atom. The third-order valence-corrected chi connectivity index (χ3v) is 3.66. The first kappa shape index (κ1) is 18.1. The number of hydrogen-bond acceptors (Lipinski definition) is 3. The highest BCUT2D eigenvalue weighted by molar-refractivity contribution is 5.78. The number of aryl methyl sites for hydroxylation is 1. The van der Waals surface area contributed by atoms with Gasteiger partial charge in [-0.05, 0) is 54.7 Å². The van der Waals surface area contributed by atoms with Gasteiger partial charge in [0.2, 0.25) is 0 Å². The topological polar surface area (TPSA) is 52.3 Å². The lowest BCUT2D eigenvalue weighted by Crippen LogP contribution is -2.35. The maximum Gasteiger partial charge on any atom is 0.328 e. The van der Waals surface area contributed by atoms with E-state index in [0.29, 0.717) is 23.3 Å². The van der Waals surface area contributed by atoms with Crippen molar-refractivity contribution in [2.45, 2.75) is 33.2 Å². The smallest absolute Gasteiger partial charge is 0.328 e. The van der Waals surface area contributed by atoms with Gasteiger partial charge in [-0.15, -0.1) is 0 Å². The lowest BCUT2D eigenvalue weighted by molar-refractivity contribution is -0.136. The van der Waals surface area contributed by atoms with E-state index >= 15 is 0 Å². The third-order valence-electron chi connectivity index (χ3n) is 3.66. The number of ether oxygens (including phenoxy) is 1. The largest absolute Gasteiger partial charge is 0.425 e. The Bertz CT molecular complexity index is 744. The molecule has 1 atom stereocenters. The highest BCUT2D eigenvalue weighted by Crippen LogP contribution is 2.28. The van der Waals surface area contributed by atoms with Crippen LogP contribution in [0.4, 0.5) is 8.78 Å². The number of esters is 1. The molecule has 2 aromatic carbocycles. The molecule has 0 aliphatic rings. The van der Waals surface area contributed by atoms with Crippen LogP contribution in [0.25, 0.3) is 11.1 Å². The van der Waals surface area contributed by atoms with Crippen molar-refractivity contribution in [3.05, 3.63) is 53.6 Å². The lowest BCUT2D eigenvalue weighted by atomic mass is 10.0. The zero-order valence-corrected chi connectivity index (χ0v) is 14.0. The summed E-state index contributed by atoms with van der Waals surface area (Å²) in [5.74, 6) is -1.09. The Hall–Kier alpha value is -2.27. The molecule has 0 saturated heterocycles. The van der Waals surface area contributed by atoms with E-state index in [4.69, 9.17) is 10.5 Å². The quantitative estimate of drug-likeness (QED) is 0.658. The molecule has 2 N–H and O–H groups in total. The summed E-state index contributed by atoms with van der Waals surface area (Å²) in [6, 6.07) is 7.64. The first-order valence-electron chi connectivity index (χ1n) is 7.81. The number of carbonyl (C=O) groups is 1. The molecule has 0 heterocycles. The fourth-order valence-electron chi connectivity index (χ4n) is 2.44. The predicted molar refractivity (Wildman–Crippen MR) is 89.6 cm³/mol. The summed E-state index contributed by atoms with van der Waals surface area (Å²) in [7, 11) is 0. The summed E-state index contributed by atoms with van der Waals surface area (Å²) in [6.07, 6.45) is 0.538. The van der Waals surface area contributed by atoms with Gasteiger partial charge in [-0.2, -0.15) is 0 Å². The van der Waals surface area contributed by atoms with Crippen molar-refractivity contribution in [1.29, 1.82) is 0 Å². The van der Waals surface area contributed by atoms with Crippen LogP contribution >= 0.6 is 0 Å². The number of carbonyl (C=O) groups excluding carboxylic acids is 1. The van der Waals surface area contributed by atoms with Crippen LogP contribution in [0.5, 0.6) is 5.75 Å².